The number of carbonyl (C=O) groups is 1. The fraction of sp³-hybridized carbons (Fsp3) is 0.333. The van der Waals surface area contributed by atoms with E-state index in [4.69, 9.17) is 0 Å². The van der Waals surface area contributed by atoms with Gasteiger partial charge in [0.05, 0.1) is 0 Å². The summed E-state index contributed by atoms with van der Waals surface area (Å²) in [7, 11) is 2.00. The van der Waals surface area contributed by atoms with Gasteiger partial charge in [-0.15, -0.1) is 0 Å². The van der Waals surface area contributed by atoms with Gasteiger partial charge < -0.3 is 10.0 Å². The maximum Gasteiger partial charge on any atom is 0.325 e. The molecule has 23 heavy (non-hydrogen) atoms. The van der Waals surface area contributed by atoms with Gasteiger partial charge in [-0.25, -0.2) is 4.98 Å². The Bertz CT molecular complexity index is 626. The van der Waals surface area contributed by atoms with Crippen molar-refractivity contribution in [2.24, 2.45) is 0 Å². The molecule has 0 amide bonds. The molecule has 0 spiro atoms. The molecule has 0 bridgehead atoms. The predicted molar refractivity (Wildman–Crippen MR) is 91.4 cm³/mol. The van der Waals surface area contributed by atoms with Crippen molar-refractivity contribution < 1.29 is 9.90 Å². The van der Waals surface area contributed by atoms with Gasteiger partial charge in [-0.2, -0.15) is 0 Å². The van der Waals surface area contributed by atoms with Crippen molar-refractivity contribution in [1.82, 2.24) is 10.3 Å². The van der Waals surface area contributed by atoms with Crippen LogP contribution in [0.4, 0.5) is 5.82 Å². The van der Waals surface area contributed by atoms with Crippen LogP contribution < -0.4 is 10.2 Å². The Morgan fingerprint density at radius 1 is 1.22 bits per heavy atom. The number of carboxylic acids is 1. The standard InChI is InChI=1S/C18H23N3O2/c1-13(2)21(3)16-10-9-14(11-19-16)12-20-17(18(22)23)15-7-5-4-6-8-15/h4-11,13,17,20H,12H2,1-3H3,(H,22,23)/t17-/m0/s1. The third-order valence-corrected chi connectivity index (χ3v) is 3.84. The number of aliphatic carboxylic acids is 1. The molecule has 122 valence electrons. The third-order valence-electron chi connectivity index (χ3n) is 3.84. The topological polar surface area (TPSA) is 65.5 Å². The van der Waals surface area contributed by atoms with E-state index < -0.39 is 12.0 Å². The number of benzene rings is 1. The van der Waals surface area contributed by atoms with Crippen molar-refractivity contribution in [3.8, 4) is 0 Å². The first-order valence-corrected chi connectivity index (χ1v) is 7.68. The van der Waals surface area contributed by atoms with E-state index in [9.17, 15) is 9.90 Å². The monoisotopic (exact) mass is 313 g/mol. The summed E-state index contributed by atoms with van der Waals surface area (Å²) >= 11 is 0. The molecule has 1 aromatic heterocycles. The van der Waals surface area contributed by atoms with E-state index >= 15 is 0 Å². The molecule has 0 radical (unpaired) electrons. The van der Waals surface area contributed by atoms with Crippen LogP contribution in [0.25, 0.3) is 0 Å². The zero-order valence-electron chi connectivity index (χ0n) is 13.7. The Hall–Kier alpha value is -2.40. The fourth-order valence-corrected chi connectivity index (χ4v) is 2.21. The molecule has 1 atom stereocenters. The number of nitrogens with one attached hydrogen (secondary N) is 1. The molecular weight excluding hydrogens is 290 g/mol. The normalized spacial score (nSPS) is 12.2. The fourth-order valence-electron chi connectivity index (χ4n) is 2.21. The lowest BCUT2D eigenvalue weighted by Crippen LogP contribution is -2.28. The third kappa shape index (κ3) is 4.53. The highest BCUT2D eigenvalue weighted by molar-refractivity contribution is 5.75. The van der Waals surface area contributed by atoms with Gasteiger partial charge in [-0.05, 0) is 31.0 Å². The quantitative estimate of drug-likeness (QED) is 0.823. The summed E-state index contributed by atoms with van der Waals surface area (Å²) in [6.45, 7) is 4.66. The van der Waals surface area contributed by atoms with Crippen LogP contribution in [0.1, 0.15) is 31.0 Å². The zero-order valence-corrected chi connectivity index (χ0v) is 13.7. The van der Waals surface area contributed by atoms with E-state index in [2.05, 4.69) is 29.0 Å². The number of nitrogens with zero attached hydrogens (tertiary/aromatic N) is 2. The molecule has 1 aromatic carbocycles. The molecule has 0 aliphatic carbocycles. The molecule has 2 rings (SSSR count). The molecule has 2 aromatic rings. The first kappa shape index (κ1) is 17.0. The van der Waals surface area contributed by atoms with Crippen LogP contribution in [0.2, 0.25) is 0 Å². The molecule has 5 heteroatoms. The molecule has 0 saturated carbocycles. The number of anilines is 1. The lowest BCUT2D eigenvalue weighted by Gasteiger charge is -2.22. The average Bonchev–Trinajstić information content (AvgIpc) is 2.55. The SMILES string of the molecule is CC(C)N(C)c1ccc(CN[C@H](C(=O)O)c2ccccc2)cn1. The van der Waals surface area contributed by atoms with Crippen LogP contribution in [0, 0.1) is 0 Å². The van der Waals surface area contributed by atoms with E-state index in [0.717, 1.165) is 16.9 Å². The summed E-state index contributed by atoms with van der Waals surface area (Å²) < 4.78 is 0. The molecule has 0 unspecified atom stereocenters. The van der Waals surface area contributed by atoms with Crippen LogP contribution in [0.5, 0.6) is 0 Å². The van der Waals surface area contributed by atoms with Gasteiger partial charge in [-0.3, -0.25) is 10.1 Å². The number of rotatable bonds is 7. The summed E-state index contributed by atoms with van der Waals surface area (Å²) in [5, 5.41) is 12.5. The molecule has 0 aliphatic heterocycles. The Kier molecular flexibility index (Phi) is 5.71. The van der Waals surface area contributed by atoms with Gasteiger partial charge in [0.2, 0.25) is 0 Å². The molecule has 0 aliphatic rings. The minimum absolute atomic E-state index is 0.376. The number of pyridine rings is 1. The van der Waals surface area contributed by atoms with Crippen molar-refractivity contribution in [2.75, 3.05) is 11.9 Å². The van der Waals surface area contributed by atoms with Crippen LogP contribution in [0.15, 0.2) is 48.7 Å². The van der Waals surface area contributed by atoms with E-state index in [1.54, 1.807) is 6.20 Å². The smallest absolute Gasteiger partial charge is 0.325 e. The second-order valence-electron chi connectivity index (χ2n) is 5.79. The molecular formula is C18H23N3O2. The number of aromatic nitrogens is 1. The van der Waals surface area contributed by atoms with Crippen molar-refractivity contribution in [3.05, 3.63) is 59.8 Å². The minimum atomic E-state index is -0.889. The Morgan fingerprint density at radius 2 is 1.91 bits per heavy atom. The first-order valence-electron chi connectivity index (χ1n) is 7.68. The van der Waals surface area contributed by atoms with E-state index in [-0.39, 0.29) is 0 Å². The largest absolute Gasteiger partial charge is 0.480 e. The highest BCUT2D eigenvalue weighted by Crippen LogP contribution is 2.15. The zero-order chi connectivity index (χ0) is 16.8. The molecule has 5 nitrogen and oxygen atoms in total. The number of carboxylic acid groups (broad SMARTS) is 1. The van der Waals surface area contributed by atoms with Crippen molar-refractivity contribution >= 4 is 11.8 Å². The van der Waals surface area contributed by atoms with Gasteiger partial charge in [0, 0.05) is 25.8 Å². The molecule has 0 fully saturated rings. The Morgan fingerprint density at radius 3 is 2.43 bits per heavy atom. The summed E-state index contributed by atoms with van der Waals surface area (Å²) in [4.78, 5) is 18.0. The van der Waals surface area contributed by atoms with Crippen LogP contribution in [0.3, 0.4) is 0 Å². The summed E-state index contributed by atoms with van der Waals surface area (Å²) in [5.41, 5.74) is 1.69. The first-order chi connectivity index (χ1) is 11.0. The summed E-state index contributed by atoms with van der Waals surface area (Å²) in [6.07, 6.45) is 1.78. The predicted octanol–water partition coefficient (Wildman–Crippen LogP) is 2.84. The van der Waals surface area contributed by atoms with Gasteiger partial charge in [-0.1, -0.05) is 36.4 Å². The molecule has 2 N–H and O–H groups in total. The number of hydrogen-bond acceptors (Lipinski definition) is 4. The highest BCUT2D eigenvalue weighted by Gasteiger charge is 2.18. The lowest BCUT2D eigenvalue weighted by atomic mass is 10.1. The molecule has 1 heterocycles. The van der Waals surface area contributed by atoms with Gasteiger partial charge >= 0.3 is 5.97 Å². The second-order valence-corrected chi connectivity index (χ2v) is 5.79. The lowest BCUT2D eigenvalue weighted by molar-refractivity contribution is -0.139. The van der Waals surface area contributed by atoms with E-state index in [1.165, 1.54) is 0 Å². The minimum Gasteiger partial charge on any atom is -0.480 e. The maximum atomic E-state index is 11.5. The van der Waals surface area contributed by atoms with Crippen molar-refractivity contribution in [3.63, 3.8) is 0 Å². The average molecular weight is 313 g/mol. The van der Waals surface area contributed by atoms with Gasteiger partial charge in [0.1, 0.15) is 11.9 Å². The van der Waals surface area contributed by atoms with Crippen LogP contribution in [-0.4, -0.2) is 29.1 Å². The second kappa shape index (κ2) is 7.74. The highest BCUT2D eigenvalue weighted by atomic mass is 16.4. The van der Waals surface area contributed by atoms with E-state index in [1.807, 2.05) is 49.5 Å². The van der Waals surface area contributed by atoms with Gasteiger partial charge in [0.25, 0.3) is 0 Å². The Balaban J connectivity index is 2.03. The Labute approximate surface area is 137 Å². The summed E-state index contributed by atoms with van der Waals surface area (Å²) in [6, 6.07) is 12.7. The van der Waals surface area contributed by atoms with E-state index in [0.29, 0.717) is 12.6 Å². The van der Waals surface area contributed by atoms with Crippen molar-refractivity contribution in [1.29, 1.82) is 0 Å². The summed E-state index contributed by atoms with van der Waals surface area (Å²) in [5.74, 6) is 0.0157. The van der Waals surface area contributed by atoms with Crippen LogP contribution >= 0.6 is 0 Å². The van der Waals surface area contributed by atoms with Crippen LogP contribution in [-0.2, 0) is 11.3 Å². The maximum absolute atomic E-state index is 11.5. The number of hydrogen-bond donors (Lipinski definition) is 2. The van der Waals surface area contributed by atoms with Gasteiger partial charge in [0.15, 0.2) is 0 Å². The van der Waals surface area contributed by atoms with Crippen molar-refractivity contribution in [2.45, 2.75) is 32.5 Å². The molecule has 0 saturated heterocycles.